The summed E-state index contributed by atoms with van der Waals surface area (Å²) in [7, 11) is 0. The maximum atomic E-state index is 13.1. The first-order valence-corrected chi connectivity index (χ1v) is 7.67. The predicted molar refractivity (Wildman–Crippen MR) is 94.8 cm³/mol. The molecule has 3 rings (SSSR count). The highest BCUT2D eigenvalue weighted by molar-refractivity contribution is 5.94. The van der Waals surface area contributed by atoms with Gasteiger partial charge in [-0.2, -0.15) is 0 Å². The zero-order chi connectivity index (χ0) is 15.6. The van der Waals surface area contributed by atoms with Crippen molar-refractivity contribution in [3.63, 3.8) is 0 Å². The van der Waals surface area contributed by atoms with E-state index in [9.17, 15) is 13.6 Å². The number of nitrogens with zero attached hydrogens (tertiary/aromatic N) is 2. The fourth-order valence-corrected chi connectivity index (χ4v) is 2.91. The van der Waals surface area contributed by atoms with Gasteiger partial charge in [0.15, 0.2) is 0 Å². The van der Waals surface area contributed by atoms with Crippen LogP contribution in [-0.2, 0) is 4.79 Å². The molecule has 136 valence electrons. The lowest BCUT2D eigenvalue weighted by Gasteiger charge is -2.28. The van der Waals surface area contributed by atoms with Crippen LogP contribution < -0.4 is 15.5 Å². The van der Waals surface area contributed by atoms with E-state index in [1.807, 2.05) is 6.07 Å². The largest absolute Gasteiger partial charge is 0.370 e. The first kappa shape index (κ1) is 20.9. The standard InChI is InChI=1S/C15H20F2N4O.2ClH/c16-15(17)8-12(19-10-15)14(22)20-13-5-4-11(9-18-13)21-6-2-1-3-7-21;;/h4-5,9,12,19H,1-3,6-8,10H2,(H,18,20,22);2*1H. The monoisotopic (exact) mass is 382 g/mol. The summed E-state index contributed by atoms with van der Waals surface area (Å²) in [6, 6.07) is 2.76. The van der Waals surface area contributed by atoms with Crippen LogP contribution in [0.2, 0.25) is 0 Å². The summed E-state index contributed by atoms with van der Waals surface area (Å²) in [5.41, 5.74) is 1.03. The number of aromatic nitrogens is 1. The van der Waals surface area contributed by atoms with Crippen LogP contribution >= 0.6 is 24.8 Å². The SMILES string of the molecule is Cl.Cl.O=C(Nc1ccc(N2CCCCC2)cn1)C1CC(F)(F)CN1. The number of anilines is 2. The summed E-state index contributed by atoms with van der Waals surface area (Å²) in [6.07, 6.45) is 4.87. The Morgan fingerprint density at radius 3 is 2.50 bits per heavy atom. The third kappa shape index (κ3) is 5.16. The van der Waals surface area contributed by atoms with E-state index in [1.165, 1.54) is 19.3 Å². The Kier molecular flexibility index (Phi) is 7.63. The van der Waals surface area contributed by atoms with Crippen molar-refractivity contribution in [1.29, 1.82) is 0 Å². The average molecular weight is 383 g/mol. The van der Waals surface area contributed by atoms with Crippen molar-refractivity contribution in [2.24, 2.45) is 0 Å². The van der Waals surface area contributed by atoms with Crippen LogP contribution in [0, 0.1) is 0 Å². The second kappa shape index (κ2) is 8.78. The van der Waals surface area contributed by atoms with E-state index in [2.05, 4.69) is 20.5 Å². The highest BCUT2D eigenvalue weighted by Gasteiger charge is 2.42. The number of halogens is 4. The Balaban J connectivity index is 0.00000144. The van der Waals surface area contributed by atoms with Gasteiger partial charge in [0.25, 0.3) is 5.92 Å². The number of carbonyl (C=O) groups is 1. The van der Waals surface area contributed by atoms with Gasteiger partial charge in [-0.15, -0.1) is 24.8 Å². The van der Waals surface area contributed by atoms with Crippen molar-refractivity contribution in [2.45, 2.75) is 37.6 Å². The van der Waals surface area contributed by atoms with Gasteiger partial charge in [0, 0.05) is 19.5 Å². The Hall–Kier alpha value is -1.18. The average Bonchev–Trinajstić information content (AvgIpc) is 2.89. The first-order valence-electron chi connectivity index (χ1n) is 7.67. The number of rotatable bonds is 3. The molecule has 1 aromatic rings. The van der Waals surface area contributed by atoms with Gasteiger partial charge in [-0.25, -0.2) is 13.8 Å². The van der Waals surface area contributed by atoms with E-state index < -0.39 is 30.8 Å². The van der Waals surface area contributed by atoms with Crippen LogP contribution in [0.4, 0.5) is 20.3 Å². The zero-order valence-corrected chi connectivity index (χ0v) is 14.8. The molecule has 9 heteroatoms. The van der Waals surface area contributed by atoms with E-state index >= 15 is 0 Å². The lowest BCUT2D eigenvalue weighted by atomic mass is 10.1. The van der Waals surface area contributed by atoms with Crippen molar-refractivity contribution in [2.75, 3.05) is 29.9 Å². The predicted octanol–water partition coefficient (Wildman–Crippen LogP) is 2.85. The fraction of sp³-hybridized carbons (Fsp3) is 0.600. The molecule has 1 unspecified atom stereocenters. The van der Waals surface area contributed by atoms with Gasteiger partial charge in [0.1, 0.15) is 5.82 Å². The molecule has 2 fully saturated rings. The summed E-state index contributed by atoms with van der Waals surface area (Å²) in [5, 5.41) is 5.12. The molecule has 1 atom stereocenters. The molecule has 1 aromatic heterocycles. The molecule has 0 aromatic carbocycles. The molecule has 2 saturated heterocycles. The Labute approximate surface area is 152 Å². The molecule has 0 bridgehead atoms. The van der Waals surface area contributed by atoms with E-state index in [-0.39, 0.29) is 24.8 Å². The highest BCUT2D eigenvalue weighted by atomic mass is 35.5. The van der Waals surface area contributed by atoms with E-state index in [4.69, 9.17) is 0 Å². The molecule has 2 aliphatic rings. The molecule has 0 saturated carbocycles. The van der Waals surface area contributed by atoms with Crippen molar-refractivity contribution >= 4 is 42.2 Å². The zero-order valence-electron chi connectivity index (χ0n) is 13.1. The summed E-state index contributed by atoms with van der Waals surface area (Å²) in [4.78, 5) is 18.4. The Bertz CT molecular complexity index is 539. The van der Waals surface area contributed by atoms with Gasteiger partial charge < -0.3 is 10.2 Å². The lowest BCUT2D eigenvalue weighted by molar-refractivity contribution is -0.118. The normalized spacial score (nSPS) is 22.2. The molecule has 0 radical (unpaired) electrons. The number of nitrogens with one attached hydrogen (secondary N) is 2. The molecule has 0 spiro atoms. The smallest absolute Gasteiger partial charge is 0.262 e. The third-order valence-electron chi connectivity index (χ3n) is 4.15. The van der Waals surface area contributed by atoms with Gasteiger partial charge in [-0.05, 0) is 31.4 Å². The van der Waals surface area contributed by atoms with Gasteiger partial charge in [0.05, 0.1) is 24.5 Å². The molecule has 3 heterocycles. The van der Waals surface area contributed by atoms with Crippen molar-refractivity contribution in [1.82, 2.24) is 10.3 Å². The summed E-state index contributed by atoms with van der Waals surface area (Å²) < 4.78 is 26.2. The van der Waals surface area contributed by atoms with Crippen LogP contribution in [0.15, 0.2) is 18.3 Å². The minimum absolute atomic E-state index is 0. The third-order valence-corrected chi connectivity index (χ3v) is 4.15. The highest BCUT2D eigenvalue weighted by Crippen LogP contribution is 2.26. The fourth-order valence-electron chi connectivity index (χ4n) is 2.91. The minimum atomic E-state index is -2.81. The van der Waals surface area contributed by atoms with Gasteiger partial charge in [-0.3, -0.25) is 10.1 Å². The van der Waals surface area contributed by atoms with E-state index in [0.29, 0.717) is 5.82 Å². The van der Waals surface area contributed by atoms with Crippen LogP contribution in [0.3, 0.4) is 0 Å². The molecule has 5 nitrogen and oxygen atoms in total. The van der Waals surface area contributed by atoms with Crippen LogP contribution in [0.1, 0.15) is 25.7 Å². The molecule has 24 heavy (non-hydrogen) atoms. The maximum absolute atomic E-state index is 13.1. The van der Waals surface area contributed by atoms with Crippen molar-refractivity contribution < 1.29 is 13.6 Å². The maximum Gasteiger partial charge on any atom is 0.262 e. The number of amides is 1. The summed E-state index contributed by atoms with van der Waals surface area (Å²) in [6.45, 7) is 1.59. The number of hydrogen-bond donors (Lipinski definition) is 2. The summed E-state index contributed by atoms with van der Waals surface area (Å²) >= 11 is 0. The summed E-state index contributed by atoms with van der Waals surface area (Å²) in [5.74, 6) is -2.88. The van der Waals surface area contributed by atoms with Crippen LogP contribution in [0.5, 0.6) is 0 Å². The topological polar surface area (TPSA) is 57.3 Å². The molecule has 0 aliphatic carbocycles. The lowest BCUT2D eigenvalue weighted by Crippen LogP contribution is -2.35. The second-order valence-corrected chi connectivity index (χ2v) is 5.93. The second-order valence-electron chi connectivity index (χ2n) is 5.93. The van der Waals surface area contributed by atoms with Crippen molar-refractivity contribution in [3.05, 3.63) is 18.3 Å². The molecular formula is C15H22Cl2F2N4O. The molecule has 2 N–H and O–H groups in total. The quantitative estimate of drug-likeness (QED) is 0.843. The number of hydrogen-bond acceptors (Lipinski definition) is 4. The molecule has 2 aliphatic heterocycles. The Morgan fingerprint density at radius 2 is 1.96 bits per heavy atom. The Morgan fingerprint density at radius 1 is 1.25 bits per heavy atom. The van der Waals surface area contributed by atoms with Gasteiger partial charge >= 0.3 is 0 Å². The number of pyridine rings is 1. The van der Waals surface area contributed by atoms with Gasteiger partial charge in [0.2, 0.25) is 5.91 Å². The number of carbonyl (C=O) groups excluding carboxylic acids is 1. The minimum Gasteiger partial charge on any atom is -0.370 e. The first-order chi connectivity index (χ1) is 10.5. The molecule has 1 amide bonds. The van der Waals surface area contributed by atoms with Crippen LogP contribution in [-0.4, -0.2) is 42.5 Å². The van der Waals surface area contributed by atoms with Crippen LogP contribution in [0.25, 0.3) is 0 Å². The van der Waals surface area contributed by atoms with E-state index in [1.54, 1.807) is 12.3 Å². The number of alkyl halides is 2. The van der Waals surface area contributed by atoms with Gasteiger partial charge in [-0.1, -0.05) is 0 Å². The van der Waals surface area contributed by atoms with Crippen molar-refractivity contribution in [3.8, 4) is 0 Å². The molecular weight excluding hydrogens is 361 g/mol. The number of piperidine rings is 1. The van der Waals surface area contributed by atoms with E-state index in [0.717, 1.165) is 18.8 Å².